The van der Waals surface area contributed by atoms with Crippen LogP contribution in [0.5, 0.6) is 0 Å². The lowest BCUT2D eigenvalue weighted by Crippen LogP contribution is -2.75. The Morgan fingerprint density at radius 3 is 1.23 bits per heavy atom. The lowest BCUT2D eigenvalue weighted by molar-refractivity contribution is 0.590. The molecule has 1 aromatic heterocycles. The van der Waals surface area contributed by atoms with Crippen LogP contribution >= 0.6 is 0 Å². The van der Waals surface area contributed by atoms with Gasteiger partial charge in [-0.2, -0.15) is 0 Å². The first-order chi connectivity index (χ1) is 50.9. The molecule has 0 aliphatic carbocycles. The Hall–Kier alpha value is -12.0. The monoisotopic (exact) mass is 1350 g/mol. The van der Waals surface area contributed by atoms with Gasteiger partial charge in [0.2, 0.25) is 0 Å². The first-order valence-electron chi connectivity index (χ1n) is 36.7. The molecule has 0 saturated carbocycles. The van der Waals surface area contributed by atoms with Crippen molar-refractivity contribution in [1.29, 1.82) is 0 Å². The SMILES string of the molecule is CC(C)(C)c1ccc2c(c1)c1cc(C(C)(C)C)ccc1n2-c1cc2c3c(c1-c1cccc(C(c4ccccc4)(c4ccccc4)c4ccccc4)c1)Nc1c(cccc1-c1ccccc1)B3c1ccc([Si](c3ccccc3)(c3ccccc3)c3ccccc3)cc1N2c1ccccc1-c1ccccc1. The van der Waals surface area contributed by atoms with E-state index in [1.54, 1.807) is 0 Å². The van der Waals surface area contributed by atoms with Crippen molar-refractivity contribution in [2.75, 3.05) is 10.2 Å². The summed E-state index contributed by atoms with van der Waals surface area (Å²) >= 11 is 0. The average molecular weight is 1350 g/mol. The summed E-state index contributed by atoms with van der Waals surface area (Å²) in [5.74, 6) is 0. The molecule has 3 nitrogen and oxygen atoms in total. The second-order valence-electron chi connectivity index (χ2n) is 30.3. The summed E-state index contributed by atoms with van der Waals surface area (Å²) in [5, 5.41) is 12.3. The molecule has 5 heteroatoms. The summed E-state index contributed by atoms with van der Waals surface area (Å²) in [7, 11) is -3.16. The van der Waals surface area contributed by atoms with Crippen LogP contribution in [0.25, 0.3) is 60.9 Å². The highest BCUT2D eigenvalue weighted by atomic mass is 28.3. The summed E-state index contributed by atoms with van der Waals surface area (Å²) in [5.41, 5.74) is 25.8. The largest absolute Gasteiger partial charge is 0.355 e. The highest BCUT2D eigenvalue weighted by molar-refractivity contribution is 7.20. The van der Waals surface area contributed by atoms with E-state index in [1.807, 2.05) is 0 Å². The second kappa shape index (κ2) is 25.5. The Morgan fingerprint density at radius 2 is 0.721 bits per heavy atom. The number of fused-ring (bicyclic) bond motifs is 7. The summed E-state index contributed by atoms with van der Waals surface area (Å²) in [6, 6.07) is 141. The van der Waals surface area contributed by atoms with Gasteiger partial charge in [0, 0.05) is 50.2 Å². The maximum absolute atomic E-state index is 4.54. The van der Waals surface area contributed by atoms with Gasteiger partial charge in [-0.05, 0) is 147 Å². The van der Waals surface area contributed by atoms with E-state index in [2.05, 4.69) is 426 Å². The zero-order chi connectivity index (χ0) is 70.3. The molecule has 1 N–H and O–H groups in total. The molecule has 0 amide bonds. The van der Waals surface area contributed by atoms with Crippen molar-refractivity contribution in [3.8, 4) is 39.1 Å². The van der Waals surface area contributed by atoms with Crippen LogP contribution in [0, 0.1) is 0 Å². The third-order valence-electron chi connectivity index (χ3n) is 22.4. The molecule has 104 heavy (non-hydrogen) atoms. The number of para-hydroxylation sites is 2. The second-order valence-corrected chi connectivity index (χ2v) is 34.2. The molecule has 0 fully saturated rings. The van der Waals surface area contributed by atoms with Gasteiger partial charge in [0.1, 0.15) is 0 Å². The van der Waals surface area contributed by atoms with Gasteiger partial charge in [-0.25, -0.2) is 0 Å². The first kappa shape index (κ1) is 64.1. The summed E-state index contributed by atoms with van der Waals surface area (Å²) in [6.45, 7) is 13.8. The molecule has 2 aliphatic heterocycles. The molecule has 0 bridgehead atoms. The van der Waals surface area contributed by atoms with E-state index in [4.69, 9.17) is 0 Å². The fourth-order valence-corrected chi connectivity index (χ4v) is 22.3. The smallest absolute Gasteiger partial charge is 0.252 e. The van der Waals surface area contributed by atoms with Crippen molar-refractivity contribution in [3.63, 3.8) is 0 Å². The first-order valence-corrected chi connectivity index (χ1v) is 38.7. The molecule has 498 valence electrons. The Balaban J connectivity index is 1.04. The van der Waals surface area contributed by atoms with Crippen LogP contribution in [-0.2, 0) is 16.2 Å². The standard InChI is InChI=1S/C99H80BN3Si/c1-97(2,3)74-57-61-88-83(64-74)84-65-75(98(4,5)6)58-62-89(84)102(88)91-67-92-94-96(93(91)70-39-33-46-76(63-70)99(71-40-19-9-20-41-71,72-42-21-10-22-43-72)73-44-23-11-24-45-73)101-95-82(69-37-17-8-18-38-69)54-34-55-86(95)100(94)85-60-59-80(66-90(85)103(92)87-56-32-31-53-81(87)68-35-15-7-16-36-68)104(77-47-25-12-26-48-77,78-49-27-13-28-50-78)79-51-29-14-30-52-79/h7-67,101H,1-6H3. The van der Waals surface area contributed by atoms with Crippen LogP contribution in [0.2, 0.25) is 0 Å². The van der Waals surface area contributed by atoms with Gasteiger partial charge in [0.05, 0.1) is 27.8 Å². The van der Waals surface area contributed by atoms with Gasteiger partial charge in [0.25, 0.3) is 6.71 Å². The van der Waals surface area contributed by atoms with Crippen LogP contribution in [0.1, 0.15) is 74.9 Å². The molecule has 16 aromatic rings. The van der Waals surface area contributed by atoms with Gasteiger partial charge in [0.15, 0.2) is 8.07 Å². The molecule has 0 unspecified atom stereocenters. The summed E-state index contributed by atoms with van der Waals surface area (Å²) in [4.78, 5) is 2.68. The zero-order valence-electron chi connectivity index (χ0n) is 59.7. The third kappa shape index (κ3) is 10.4. The Bertz CT molecular complexity index is 5620. The van der Waals surface area contributed by atoms with E-state index in [9.17, 15) is 0 Å². The van der Waals surface area contributed by atoms with Crippen molar-refractivity contribution in [2.45, 2.75) is 57.8 Å². The number of hydrogen-bond acceptors (Lipinski definition) is 2. The lowest BCUT2D eigenvalue weighted by Gasteiger charge is -2.44. The van der Waals surface area contributed by atoms with Gasteiger partial charge in [-0.1, -0.05) is 363 Å². The molecule has 0 radical (unpaired) electrons. The van der Waals surface area contributed by atoms with Crippen LogP contribution in [0.15, 0.2) is 370 Å². The number of nitrogens with one attached hydrogen (secondary N) is 1. The van der Waals surface area contributed by atoms with E-state index < -0.39 is 13.5 Å². The summed E-state index contributed by atoms with van der Waals surface area (Å²) in [6.07, 6.45) is 0. The minimum atomic E-state index is -3.16. The van der Waals surface area contributed by atoms with Crippen molar-refractivity contribution in [1.82, 2.24) is 4.57 Å². The third-order valence-corrected chi connectivity index (χ3v) is 27.2. The highest BCUT2D eigenvalue weighted by Gasteiger charge is 2.48. The van der Waals surface area contributed by atoms with Crippen LogP contribution in [0.3, 0.4) is 0 Å². The molecule has 0 spiro atoms. The van der Waals surface area contributed by atoms with E-state index in [-0.39, 0.29) is 17.5 Å². The lowest BCUT2D eigenvalue weighted by atomic mass is 9.33. The van der Waals surface area contributed by atoms with Gasteiger partial charge < -0.3 is 14.8 Å². The Morgan fingerprint density at radius 1 is 0.288 bits per heavy atom. The maximum Gasteiger partial charge on any atom is 0.252 e. The predicted molar refractivity (Wildman–Crippen MR) is 445 cm³/mol. The average Bonchev–Trinajstić information content (AvgIpc) is 0.945. The quantitative estimate of drug-likeness (QED) is 0.0917. The number of hydrogen-bond donors (Lipinski definition) is 1. The Labute approximate surface area is 613 Å². The van der Waals surface area contributed by atoms with E-state index in [0.29, 0.717) is 0 Å². The highest BCUT2D eigenvalue weighted by Crippen LogP contribution is 2.53. The Kier molecular flexibility index (Phi) is 15.7. The van der Waals surface area contributed by atoms with Crippen LogP contribution in [-0.4, -0.2) is 19.4 Å². The van der Waals surface area contributed by atoms with Crippen LogP contribution in [0.4, 0.5) is 28.4 Å². The van der Waals surface area contributed by atoms with E-state index >= 15 is 0 Å². The number of anilines is 5. The molecular formula is C99H80BN3Si. The molecule has 18 rings (SSSR count). The number of benzene rings is 15. The molecule has 3 heterocycles. The minimum Gasteiger partial charge on any atom is -0.355 e. The number of rotatable bonds is 13. The molecular weight excluding hydrogens is 1270 g/mol. The fourth-order valence-electron chi connectivity index (χ4n) is 17.5. The summed E-state index contributed by atoms with van der Waals surface area (Å²) < 4.78 is 2.64. The normalized spacial score (nSPS) is 12.8. The number of nitrogens with zero attached hydrogens (tertiary/aromatic N) is 2. The molecule has 0 saturated heterocycles. The predicted octanol–water partition coefficient (Wildman–Crippen LogP) is 20.5. The van der Waals surface area contributed by atoms with Crippen LogP contribution < -0.4 is 47.4 Å². The van der Waals surface area contributed by atoms with E-state index in [1.165, 1.54) is 81.3 Å². The fraction of sp³-hybridized carbons (Fsp3) is 0.0909. The van der Waals surface area contributed by atoms with Crippen molar-refractivity contribution >= 4 is 102 Å². The van der Waals surface area contributed by atoms with Gasteiger partial charge >= 0.3 is 0 Å². The molecule has 2 aliphatic rings. The molecule has 0 atom stereocenters. The van der Waals surface area contributed by atoms with Gasteiger partial charge in [-0.3, -0.25) is 0 Å². The maximum atomic E-state index is 4.54. The van der Waals surface area contributed by atoms with E-state index in [0.717, 1.165) is 78.5 Å². The van der Waals surface area contributed by atoms with Crippen molar-refractivity contribution in [3.05, 3.63) is 403 Å². The van der Waals surface area contributed by atoms with Gasteiger partial charge in [-0.15, -0.1) is 0 Å². The topological polar surface area (TPSA) is 20.2 Å². The van der Waals surface area contributed by atoms with Crippen molar-refractivity contribution in [2.24, 2.45) is 0 Å². The minimum absolute atomic E-state index is 0.113. The van der Waals surface area contributed by atoms with Crippen molar-refractivity contribution < 1.29 is 0 Å². The zero-order valence-corrected chi connectivity index (χ0v) is 60.7. The number of aromatic nitrogens is 1. The molecule has 15 aromatic carbocycles.